The normalized spacial score (nSPS) is 42.5. The summed E-state index contributed by atoms with van der Waals surface area (Å²) < 4.78 is 45.0. The second-order valence-corrected chi connectivity index (χ2v) is 22.3. The van der Waals surface area contributed by atoms with Gasteiger partial charge in [0.15, 0.2) is 0 Å². The Hall–Kier alpha value is -0.917. The van der Waals surface area contributed by atoms with Crippen molar-refractivity contribution in [1.82, 2.24) is 10.3 Å². The Bertz CT molecular complexity index is 1620. The van der Waals surface area contributed by atoms with Crippen LogP contribution in [0.1, 0.15) is 191 Å². The van der Waals surface area contributed by atoms with Crippen molar-refractivity contribution in [2.75, 3.05) is 0 Å². The van der Waals surface area contributed by atoms with Gasteiger partial charge in [0.1, 0.15) is 24.5 Å². The molecule has 0 amide bonds. The first-order chi connectivity index (χ1) is 30.2. The van der Waals surface area contributed by atoms with Crippen LogP contribution >= 0.6 is 11.3 Å². The molecule has 0 bridgehead atoms. The van der Waals surface area contributed by atoms with E-state index in [0.29, 0.717) is 54.3 Å². The minimum Gasteiger partial charge on any atom is -0.391 e. The van der Waals surface area contributed by atoms with Crippen molar-refractivity contribution in [2.45, 2.75) is 235 Å². The number of nitrogens with zero attached hydrogens (tertiary/aromatic N) is 5. The zero-order valence-corrected chi connectivity index (χ0v) is 41.8. The standard InChI is InChI=1S/C26H42F3N3O2.C23H35N3OS.Zn/c27-26(28,29)16-12-14-17(15-13-16)34-23-11-5-10-22(30-23)31-32-24-20-8-3-1-6-18(20)19-7-2-4-9-21(19)25(24)33;27-22-19-13-7-5-11-17(19)16-10-4-6-12-18(16)21(22)25-26-23-24-20(14-28-23)15-8-2-1-3-9-15;/h16-25,30,33H,1-15H2;14-19,21-22,27H,1-13H2;. The van der Waals surface area contributed by atoms with Crippen LogP contribution in [0.5, 0.6) is 0 Å². The summed E-state index contributed by atoms with van der Waals surface area (Å²) in [7, 11) is 0. The number of hydrogen-bond acceptors (Lipinski definition) is 10. The molecule has 0 spiro atoms. The van der Waals surface area contributed by atoms with Gasteiger partial charge in [-0.05, 0) is 156 Å². The van der Waals surface area contributed by atoms with Crippen LogP contribution < -0.4 is 5.32 Å². The topological polar surface area (TPSA) is 124 Å². The van der Waals surface area contributed by atoms with Crippen molar-refractivity contribution >= 4 is 16.5 Å². The van der Waals surface area contributed by atoms with Crippen LogP contribution in [-0.2, 0) is 24.2 Å². The van der Waals surface area contributed by atoms with Crippen molar-refractivity contribution in [1.29, 1.82) is 0 Å². The predicted molar refractivity (Wildman–Crippen MR) is 236 cm³/mol. The van der Waals surface area contributed by atoms with Crippen molar-refractivity contribution in [3.05, 3.63) is 11.1 Å². The minimum absolute atomic E-state index is 0. The van der Waals surface area contributed by atoms with E-state index in [9.17, 15) is 23.4 Å². The molecule has 0 radical (unpaired) electrons. The molecule has 1 aliphatic heterocycles. The molecular weight excluding hydrogens is 875 g/mol. The van der Waals surface area contributed by atoms with Crippen LogP contribution in [0.2, 0.25) is 0 Å². The number of thiazole rings is 1. The summed E-state index contributed by atoms with van der Waals surface area (Å²) in [6.45, 7) is 0. The molecule has 14 unspecified atom stereocenters. The summed E-state index contributed by atoms with van der Waals surface area (Å²) in [4.78, 5) is 4.81. The molecule has 3 N–H and O–H groups in total. The number of azo groups is 2. The molecule has 14 heteroatoms. The molecule has 8 saturated carbocycles. The number of ether oxygens (including phenoxy) is 1. The van der Waals surface area contributed by atoms with Gasteiger partial charge in [0.25, 0.3) is 0 Å². The molecule has 9 aliphatic rings. The number of aliphatic hydroxyl groups excluding tert-OH is 2. The summed E-state index contributed by atoms with van der Waals surface area (Å²) in [6, 6.07) is -0.0999. The molecule has 1 aromatic rings. The van der Waals surface area contributed by atoms with E-state index >= 15 is 0 Å². The smallest absolute Gasteiger partial charge is 0.391 e. The van der Waals surface area contributed by atoms with Gasteiger partial charge in [-0.1, -0.05) is 70.6 Å². The minimum atomic E-state index is -4.09. The SMILES string of the molecule is OC1C2CCCCC2C2CCCCC2C1N=NC1CCCC(OC2CCC(C(F)(F)F)CC2)N1.OC1C2CCCCC2C2CCCCC2C1N=Nc1nc(C2CCCCC2)cs1.[Zn]. The van der Waals surface area contributed by atoms with Crippen molar-refractivity contribution < 1.29 is 47.6 Å². The number of aliphatic hydroxyl groups is 2. The fourth-order valence-corrected chi connectivity index (χ4v) is 15.6. The van der Waals surface area contributed by atoms with Gasteiger partial charge in [0.05, 0.1) is 29.9 Å². The first-order valence-electron chi connectivity index (χ1n) is 25.8. The Kier molecular flexibility index (Phi) is 17.3. The van der Waals surface area contributed by atoms with Gasteiger partial charge in [-0.3, -0.25) is 5.32 Å². The second-order valence-electron chi connectivity index (χ2n) is 21.5. The van der Waals surface area contributed by atoms with Crippen LogP contribution in [0.25, 0.3) is 0 Å². The maximum absolute atomic E-state index is 12.9. The number of alkyl halides is 3. The number of halogens is 3. The fourth-order valence-electron chi connectivity index (χ4n) is 14.9. The Balaban J connectivity index is 0.000000173. The summed E-state index contributed by atoms with van der Waals surface area (Å²) >= 11 is 1.63. The molecule has 1 aromatic heterocycles. The van der Waals surface area contributed by atoms with E-state index in [-0.39, 0.29) is 75.1 Å². The van der Waals surface area contributed by atoms with Crippen molar-refractivity contribution in [2.24, 2.45) is 73.7 Å². The second kappa shape index (κ2) is 22.5. The number of piperidine rings is 1. The fraction of sp³-hybridized carbons (Fsp3) is 0.939. The van der Waals surface area contributed by atoms with Crippen LogP contribution in [0.15, 0.2) is 25.8 Å². The number of fused-ring (bicyclic) bond motifs is 6. The summed E-state index contributed by atoms with van der Waals surface area (Å²) in [5.74, 6) is 4.11. The van der Waals surface area contributed by atoms with Gasteiger partial charge in [-0.15, -0.1) is 16.5 Å². The zero-order valence-electron chi connectivity index (χ0n) is 38.0. The summed E-state index contributed by atoms with van der Waals surface area (Å²) in [5, 5.41) is 47.9. The number of nitrogens with one attached hydrogen (secondary N) is 1. The molecule has 9 fully saturated rings. The van der Waals surface area contributed by atoms with Gasteiger partial charge >= 0.3 is 6.18 Å². The van der Waals surface area contributed by atoms with Crippen LogP contribution in [0.3, 0.4) is 0 Å². The molecule has 350 valence electrons. The monoisotopic (exact) mass is 951 g/mol. The van der Waals surface area contributed by atoms with Crippen molar-refractivity contribution in [3.63, 3.8) is 0 Å². The van der Waals surface area contributed by atoms with Gasteiger partial charge < -0.3 is 14.9 Å². The third-order valence-corrected chi connectivity index (χ3v) is 18.8. The average Bonchev–Trinajstić information content (AvgIpc) is 3.79. The third-order valence-electron chi connectivity index (χ3n) is 18.0. The van der Waals surface area contributed by atoms with Crippen molar-refractivity contribution in [3.8, 4) is 0 Å². The summed E-state index contributed by atoms with van der Waals surface area (Å²) in [5.41, 5.74) is 1.23. The molecule has 63 heavy (non-hydrogen) atoms. The average molecular weight is 953 g/mol. The van der Waals surface area contributed by atoms with E-state index in [0.717, 1.165) is 49.1 Å². The van der Waals surface area contributed by atoms with Gasteiger partial charge in [0, 0.05) is 30.8 Å². The zero-order chi connectivity index (χ0) is 42.6. The Morgan fingerprint density at radius 1 is 0.556 bits per heavy atom. The Morgan fingerprint density at radius 3 is 1.60 bits per heavy atom. The molecule has 9 nitrogen and oxygen atoms in total. The third kappa shape index (κ3) is 11.5. The molecule has 14 atom stereocenters. The first kappa shape index (κ1) is 48.5. The Labute approximate surface area is 392 Å². The van der Waals surface area contributed by atoms with E-state index in [1.807, 2.05) is 0 Å². The van der Waals surface area contributed by atoms with Gasteiger partial charge in [-0.2, -0.15) is 28.5 Å². The number of rotatable bonds is 7. The molecule has 2 heterocycles. The first-order valence-corrected chi connectivity index (χ1v) is 26.7. The van der Waals surface area contributed by atoms with Gasteiger partial charge in [0.2, 0.25) is 5.13 Å². The molecule has 10 rings (SSSR count). The van der Waals surface area contributed by atoms with Crippen LogP contribution in [0, 0.1) is 53.3 Å². The van der Waals surface area contributed by atoms with E-state index in [1.54, 1.807) is 11.3 Å². The number of hydrogen-bond donors (Lipinski definition) is 3. The summed E-state index contributed by atoms with van der Waals surface area (Å²) in [6.07, 6.45) is 25.6. The Morgan fingerprint density at radius 2 is 1.05 bits per heavy atom. The van der Waals surface area contributed by atoms with E-state index in [2.05, 4.69) is 15.8 Å². The quantitative estimate of drug-likeness (QED) is 0.185. The molecule has 0 aromatic carbocycles. The molecule has 8 aliphatic carbocycles. The number of aromatic nitrogens is 1. The van der Waals surface area contributed by atoms with Crippen LogP contribution in [0.4, 0.5) is 18.3 Å². The van der Waals surface area contributed by atoms with Gasteiger partial charge in [-0.25, -0.2) is 4.98 Å². The molecular formula is C49H77F3N6O3SZn. The maximum Gasteiger partial charge on any atom is 0.391 e. The van der Waals surface area contributed by atoms with Crippen LogP contribution in [-0.4, -0.2) is 64.2 Å². The van der Waals surface area contributed by atoms with E-state index in [4.69, 9.17) is 25.1 Å². The predicted octanol–water partition coefficient (Wildman–Crippen LogP) is 13.0. The molecule has 1 saturated heterocycles. The largest absolute Gasteiger partial charge is 0.391 e. The van der Waals surface area contributed by atoms with E-state index in [1.165, 1.54) is 128 Å². The van der Waals surface area contributed by atoms with E-state index < -0.39 is 12.1 Å². The maximum atomic E-state index is 12.9.